The van der Waals surface area contributed by atoms with Crippen molar-refractivity contribution in [3.05, 3.63) is 36.3 Å². The molecule has 1 rings (SSSR count). The van der Waals surface area contributed by atoms with Gasteiger partial charge in [0.1, 0.15) is 0 Å². The quantitative estimate of drug-likeness (QED) is 0.720. The molecule has 1 aromatic heterocycles. The first-order valence-electron chi connectivity index (χ1n) is 4.82. The third-order valence-electron chi connectivity index (χ3n) is 1.74. The summed E-state index contributed by atoms with van der Waals surface area (Å²) in [6.45, 7) is 5.79. The molecule has 0 unspecified atom stereocenters. The second-order valence-corrected chi connectivity index (χ2v) is 3.39. The molecule has 16 heavy (non-hydrogen) atoms. The molecule has 0 spiro atoms. The van der Waals surface area contributed by atoms with Crippen molar-refractivity contribution >= 4 is 11.8 Å². The van der Waals surface area contributed by atoms with Crippen molar-refractivity contribution in [2.24, 2.45) is 0 Å². The van der Waals surface area contributed by atoms with Crippen LogP contribution in [0.2, 0.25) is 0 Å². The molecule has 0 saturated heterocycles. The van der Waals surface area contributed by atoms with Gasteiger partial charge in [-0.2, -0.15) is 0 Å². The number of hydrogen-bond acceptors (Lipinski definition) is 3. The summed E-state index contributed by atoms with van der Waals surface area (Å²) < 4.78 is 4.87. The number of carbonyl (C=O) groups is 2. The average molecular weight is 222 g/mol. The first-order valence-corrected chi connectivity index (χ1v) is 4.82. The summed E-state index contributed by atoms with van der Waals surface area (Å²) in [5.41, 5.74) is 0.853. The van der Waals surface area contributed by atoms with Crippen molar-refractivity contribution in [2.75, 3.05) is 13.1 Å². The number of rotatable bonds is 5. The van der Waals surface area contributed by atoms with Crippen molar-refractivity contribution in [2.45, 2.75) is 6.92 Å². The molecule has 0 atom stereocenters. The molecule has 0 aliphatic heterocycles. The van der Waals surface area contributed by atoms with E-state index in [4.69, 9.17) is 4.42 Å². The fourth-order valence-electron chi connectivity index (χ4n) is 0.967. The molecular weight excluding hydrogens is 208 g/mol. The van der Waals surface area contributed by atoms with Crippen LogP contribution in [-0.4, -0.2) is 24.9 Å². The third-order valence-corrected chi connectivity index (χ3v) is 1.74. The van der Waals surface area contributed by atoms with Gasteiger partial charge in [-0.25, -0.2) is 0 Å². The second kappa shape index (κ2) is 5.75. The fraction of sp³-hybridized carbons (Fsp3) is 0.273. The van der Waals surface area contributed by atoms with Crippen molar-refractivity contribution < 1.29 is 14.0 Å². The highest BCUT2D eigenvalue weighted by Crippen LogP contribution is 1.98. The Kier molecular flexibility index (Phi) is 4.32. The number of amides is 2. The normalized spacial score (nSPS) is 9.56. The van der Waals surface area contributed by atoms with Crippen molar-refractivity contribution in [3.63, 3.8) is 0 Å². The Bertz CT molecular complexity index is 382. The summed E-state index contributed by atoms with van der Waals surface area (Å²) in [6.07, 6.45) is 1.40. The van der Waals surface area contributed by atoms with Crippen molar-refractivity contribution in [1.29, 1.82) is 0 Å². The van der Waals surface area contributed by atoms with E-state index in [0.29, 0.717) is 6.54 Å². The highest BCUT2D eigenvalue weighted by atomic mass is 16.3. The van der Waals surface area contributed by atoms with Gasteiger partial charge in [-0.15, -0.1) is 0 Å². The SMILES string of the molecule is C=C(C)CNC(=O)CNC(=O)c1ccco1. The lowest BCUT2D eigenvalue weighted by Crippen LogP contribution is -2.37. The summed E-state index contributed by atoms with van der Waals surface area (Å²) in [5.74, 6) is -0.480. The molecule has 0 radical (unpaired) electrons. The van der Waals surface area contributed by atoms with Gasteiger partial charge in [0.2, 0.25) is 5.91 Å². The van der Waals surface area contributed by atoms with Crippen LogP contribution in [0.15, 0.2) is 35.0 Å². The number of hydrogen-bond donors (Lipinski definition) is 2. The molecule has 5 heteroatoms. The Balaban J connectivity index is 2.27. The van der Waals surface area contributed by atoms with Crippen LogP contribution in [0.5, 0.6) is 0 Å². The minimum absolute atomic E-state index is 0.0766. The molecule has 5 nitrogen and oxygen atoms in total. The Hall–Kier alpha value is -2.04. The smallest absolute Gasteiger partial charge is 0.287 e. The van der Waals surface area contributed by atoms with Crippen LogP contribution in [0.1, 0.15) is 17.5 Å². The van der Waals surface area contributed by atoms with Gasteiger partial charge in [-0.1, -0.05) is 12.2 Å². The summed E-state index contributed by atoms with van der Waals surface area (Å²) in [6, 6.07) is 3.14. The van der Waals surface area contributed by atoms with E-state index in [1.807, 2.05) is 6.92 Å². The minimum atomic E-state index is -0.407. The summed E-state index contributed by atoms with van der Waals surface area (Å²) >= 11 is 0. The molecule has 0 saturated carbocycles. The molecule has 0 aliphatic rings. The molecule has 0 aliphatic carbocycles. The maximum absolute atomic E-state index is 11.3. The third kappa shape index (κ3) is 4.00. The van der Waals surface area contributed by atoms with Gasteiger partial charge in [-0.3, -0.25) is 9.59 Å². The predicted molar refractivity (Wildman–Crippen MR) is 58.9 cm³/mol. The van der Waals surface area contributed by atoms with Gasteiger partial charge in [0.25, 0.3) is 5.91 Å². The van der Waals surface area contributed by atoms with E-state index in [1.165, 1.54) is 12.3 Å². The van der Waals surface area contributed by atoms with Gasteiger partial charge >= 0.3 is 0 Å². The summed E-state index contributed by atoms with van der Waals surface area (Å²) in [7, 11) is 0. The van der Waals surface area contributed by atoms with Crippen LogP contribution in [0.25, 0.3) is 0 Å². The fourth-order valence-corrected chi connectivity index (χ4v) is 0.967. The van der Waals surface area contributed by atoms with Crippen LogP contribution in [0.4, 0.5) is 0 Å². The average Bonchev–Trinajstić information content (AvgIpc) is 2.76. The maximum Gasteiger partial charge on any atom is 0.287 e. The number of furan rings is 1. The monoisotopic (exact) mass is 222 g/mol. The van der Waals surface area contributed by atoms with Crippen LogP contribution in [-0.2, 0) is 4.79 Å². The summed E-state index contributed by atoms with van der Waals surface area (Å²) in [4.78, 5) is 22.6. The zero-order valence-electron chi connectivity index (χ0n) is 9.08. The zero-order valence-corrected chi connectivity index (χ0v) is 9.08. The van der Waals surface area contributed by atoms with E-state index in [0.717, 1.165) is 5.57 Å². The van der Waals surface area contributed by atoms with E-state index in [-0.39, 0.29) is 18.2 Å². The highest BCUT2D eigenvalue weighted by molar-refractivity contribution is 5.94. The van der Waals surface area contributed by atoms with Crippen molar-refractivity contribution in [3.8, 4) is 0 Å². The Labute approximate surface area is 93.5 Å². The molecule has 0 bridgehead atoms. The Morgan fingerprint density at radius 2 is 2.12 bits per heavy atom. The van der Waals surface area contributed by atoms with Gasteiger partial charge in [-0.05, 0) is 19.1 Å². The molecule has 2 N–H and O–H groups in total. The van der Waals surface area contributed by atoms with Crippen LogP contribution < -0.4 is 10.6 Å². The molecule has 86 valence electrons. The largest absolute Gasteiger partial charge is 0.459 e. The highest BCUT2D eigenvalue weighted by Gasteiger charge is 2.09. The lowest BCUT2D eigenvalue weighted by atomic mass is 10.3. The second-order valence-electron chi connectivity index (χ2n) is 3.39. The van der Waals surface area contributed by atoms with Crippen molar-refractivity contribution in [1.82, 2.24) is 10.6 Å². The van der Waals surface area contributed by atoms with Gasteiger partial charge in [0, 0.05) is 6.54 Å². The van der Waals surface area contributed by atoms with Crippen LogP contribution in [0.3, 0.4) is 0 Å². The predicted octanol–water partition coefficient (Wildman–Crippen LogP) is 0.702. The van der Waals surface area contributed by atoms with Gasteiger partial charge in [0.15, 0.2) is 5.76 Å². The van der Waals surface area contributed by atoms with E-state index in [2.05, 4.69) is 17.2 Å². The number of carbonyl (C=O) groups excluding carboxylic acids is 2. The number of nitrogens with one attached hydrogen (secondary N) is 2. The van der Waals surface area contributed by atoms with E-state index >= 15 is 0 Å². The minimum Gasteiger partial charge on any atom is -0.459 e. The summed E-state index contributed by atoms with van der Waals surface area (Å²) in [5, 5.41) is 5.03. The van der Waals surface area contributed by atoms with Crippen LogP contribution in [0, 0.1) is 0 Å². The standard InChI is InChI=1S/C11H14N2O3/c1-8(2)6-12-10(14)7-13-11(15)9-4-3-5-16-9/h3-5H,1,6-7H2,2H3,(H,12,14)(H,13,15). The Morgan fingerprint density at radius 1 is 1.38 bits per heavy atom. The molecule has 1 heterocycles. The lowest BCUT2D eigenvalue weighted by molar-refractivity contribution is -0.119. The van der Waals surface area contributed by atoms with Gasteiger partial charge < -0.3 is 15.1 Å². The van der Waals surface area contributed by atoms with E-state index < -0.39 is 5.91 Å². The van der Waals surface area contributed by atoms with E-state index in [1.54, 1.807) is 6.07 Å². The topological polar surface area (TPSA) is 71.3 Å². The molecule has 0 fully saturated rings. The maximum atomic E-state index is 11.3. The van der Waals surface area contributed by atoms with Gasteiger partial charge in [0.05, 0.1) is 12.8 Å². The molecule has 1 aromatic rings. The first-order chi connectivity index (χ1) is 7.59. The lowest BCUT2D eigenvalue weighted by Gasteiger charge is -2.05. The molecule has 2 amide bonds. The molecular formula is C11H14N2O3. The first kappa shape index (κ1) is 12.0. The zero-order chi connectivity index (χ0) is 12.0. The van der Waals surface area contributed by atoms with Crippen LogP contribution >= 0.6 is 0 Å². The van der Waals surface area contributed by atoms with E-state index in [9.17, 15) is 9.59 Å². The Morgan fingerprint density at radius 3 is 2.69 bits per heavy atom. The molecule has 0 aromatic carbocycles.